The van der Waals surface area contributed by atoms with Crippen LogP contribution in [0.4, 0.5) is 5.82 Å². The number of amides is 1. The van der Waals surface area contributed by atoms with Crippen LogP contribution in [0.25, 0.3) is 22.5 Å². The molecule has 1 aliphatic rings. The molecule has 1 aromatic carbocycles. The third kappa shape index (κ3) is 6.11. The lowest BCUT2D eigenvalue weighted by molar-refractivity contribution is -0.132. The molecule has 34 heavy (non-hydrogen) atoms. The molecule has 3 heterocycles. The first-order chi connectivity index (χ1) is 16.4. The summed E-state index contributed by atoms with van der Waals surface area (Å²) in [5, 5.41) is 0.685. The molecule has 1 saturated heterocycles. The van der Waals surface area contributed by atoms with Crippen LogP contribution in [0, 0.1) is 12.8 Å². The van der Waals surface area contributed by atoms with E-state index in [2.05, 4.69) is 23.7 Å². The molecule has 0 saturated carbocycles. The van der Waals surface area contributed by atoms with E-state index in [0.717, 1.165) is 47.0 Å². The Hall–Kier alpha value is -2.99. The number of halogens is 1. The SMILES string of the molecule is CC.Cc1cnccc1-c1nc(N2CCN(C(=O)CC(C)C)CC2)cnc1-c1ccc(Cl)cc1. The van der Waals surface area contributed by atoms with E-state index in [-0.39, 0.29) is 5.91 Å². The van der Waals surface area contributed by atoms with Gasteiger partial charge in [-0.15, -0.1) is 0 Å². The van der Waals surface area contributed by atoms with Crippen molar-refractivity contribution in [3.05, 3.63) is 59.5 Å². The zero-order valence-corrected chi connectivity index (χ0v) is 21.5. The van der Waals surface area contributed by atoms with Crippen LogP contribution in [0.2, 0.25) is 5.02 Å². The molecule has 2 aromatic heterocycles. The van der Waals surface area contributed by atoms with Crippen LogP contribution in [0.15, 0.2) is 48.9 Å². The Kier molecular flexibility index (Phi) is 8.99. The summed E-state index contributed by atoms with van der Waals surface area (Å²) in [5.41, 5.74) is 4.64. The topological polar surface area (TPSA) is 62.2 Å². The van der Waals surface area contributed by atoms with E-state index < -0.39 is 0 Å². The summed E-state index contributed by atoms with van der Waals surface area (Å²) in [7, 11) is 0. The van der Waals surface area contributed by atoms with Crippen molar-refractivity contribution in [2.75, 3.05) is 31.1 Å². The fourth-order valence-corrected chi connectivity index (χ4v) is 4.07. The molecular weight excluding hydrogens is 446 g/mol. The molecular formula is C27H34ClN5O. The van der Waals surface area contributed by atoms with E-state index in [1.165, 1.54) is 0 Å². The number of piperazine rings is 1. The summed E-state index contributed by atoms with van der Waals surface area (Å²) in [6, 6.07) is 9.63. The first-order valence-electron chi connectivity index (χ1n) is 12.0. The average Bonchev–Trinajstić information content (AvgIpc) is 2.85. The average molecular weight is 480 g/mol. The summed E-state index contributed by atoms with van der Waals surface area (Å²) >= 11 is 6.09. The van der Waals surface area contributed by atoms with Crippen molar-refractivity contribution in [3.8, 4) is 22.5 Å². The van der Waals surface area contributed by atoms with Gasteiger partial charge in [0.2, 0.25) is 5.91 Å². The molecule has 7 heteroatoms. The van der Waals surface area contributed by atoms with E-state index in [1.54, 1.807) is 6.20 Å². The number of hydrogen-bond donors (Lipinski definition) is 0. The number of aromatic nitrogens is 3. The summed E-state index contributed by atoms with van der Waals surface area (Å²) in [6.45, 7) is 13.1. The molecule has 0 N–H and O–H groups in total. The van der Waals surface area contributed by atoms with Crippen molar-refractivity contribution in [3.63, 3.8) is 0 Å². The second-order valence-corrected chi connectivity index (χ2v) is 9.03. The fourth-order valence-electron chi connectivity index (χ4n) is 3.94. The van der Waals surface area contributed by atoms with E-state index in [0.29, 0.717) is 30.5 Å². The van der Waals surface area contributed by atoms with Crippen LogP contribution in [0.3, 0.4) is 0 Å². The van der Waals surface area contributed by atoms with Crippen LogP contribution < -0.4 is 4.90 Å². The molecule has 1 fully saturated rings. The van der Waals surface area contributed by atoms with Crippen LogP contribution in [0.1, 0.15) is 39.7 Å². The molecule has 6 nitrogen and oxygen atoms in total. The normalized spacial score (nSPS) is 13.5. The summed E-state index contributed by atoms with van der Waals surface area (Å²) in [6.07, 6.45) is 6.05. The number of benzene rings is 1. The Balaban J connectivity index is 0.00000158. The maximum absolute atomic E-state index is 12.4. The van der Waals surface area contributed by atoms with Crippen molar-refractivity contribution in [1.29, 1.82) is 0 Å². The predicted octanol–water partition coefficient (Wildman–Crippen LogP) is 5.89. The maximum atomic E-state index is 12.4. The minimum Gasteiger partial charge on any atom is -0.352 e. The number of aryl methyl sites for hydroxylation is 1. The van der Waals surface area contributed by atoms with Gasteiger partial charge in [0.05, 0.1) is 17.6 Å². The van der Waals surface area contributed by atoms with Gasteiger partial charge in [0.25, 0.3) is 0 Å². The highest BCUT2D eigenvalue weighted by Gasteiger charge is 2.24. The van der Waals surface area contributed by atoms with Gasteiger partial charge in [-0.25, -0.2) is 4.98 Å². The predicted molar refractivity (Wildman–Crippen MR) is 140 cm³/mol. The highest BCUT2D eigenvalue weighted by Crippen LogP contribution is 2.32. The van der Waals surface area contributed by atoms with Gasteiger partial charge in [-0.05, 0) is 36.6 Å². The van der Waals surface area contributed by atoms with Crippen LogP contribution >= 0.6 is 11.6 Å². The Morgan fingerprint density at radius 3 is 2.29 bits per heavy atom. The molecule has 0 radical (unpaired) electrons. The largest absolute Gasteiger partial charge is 0.352 e. The van der Waals surface area contributed by atoms with E-state index in [1.807, 2.05) is 68.4 Å². The number of carbonyl (C=O) groups is 1. The summed E-state index contributed by atoms with van der Waals surface area (Å²) < 4.78 is 0. The van der Waals surface area contributed by atoms with Gasteiger partial charge >= 0.3 is 0 Å². The zero-order valence-electron chi connectivity index (χ0n) is 20.8. The second-order valence-electron chi connectivity index (χ2n) is 8.59. The number of carbonyl (C=O) groups excluding carboxylic acids is 1. The van der Waals surface area contributed by atoms with Crippen molar-refractivity contribution in [2.24, 2.45) is 5.92 Å². The van der Waals surface area contributed by atoms with Crippen molar-refractivity contribution >= 4 is 23.3 Å². The van der Waals surface area contributed by atoms with Gasteiger partial charge in [0.1, 0.15) is 5.82 Å². The zero-order chi connectivity index (χ0) is 24.7. The molecule has 0 aliphatic carbocycles. The Bertz CT molecular complexity index is 1090. The minimum atomic E-state index is 0.233. The number of rotatable bonds is 5. The van der Waals surface area contributed by atoms with Gasteiger partial charge in [-0.3, -0.25) is 14.8 Å². The van der Waals surface area contributed by atoms with Crippen LogP contribution in [-0.4, -0.2) is 51.9 Å². The highest BCUT2D eigenvalue weighted by molar-refractivity contribution is 6.30. The van der Waals surface area contributed by atoms with Gasteiger partial charge in [0, 0.05) is 61.1 Å². The molecule has 180 valence electrons. The Morgan fingerprint density at radius 1 is 1.00 bits per heavy atom. The van der Waals surface area contributed by atoms with E-state index in [4.69, 9.17) is 21.6 Å². The molecule has 0 bridgehead atoms. The standard InChI is InChI=1S/C25H28ClN5O.C2H6/c1-17(2)14-23(32)31-12-10-30(11-13-31)22-16-28-24(19-4-6-20(26)7-5-19)25(29-22)21-8-9-27-15-18(21)3;1-2/h4-9,15-17H,10-14H2,1-3H3;1-2H3. The fraction of sp³-hybridized carbons (Fsp3) is 0.407. The quantitative estimate of drug-likeness (QED) is 0.456. The molecule has 4 rings (SSSR count). The number of nitrogens with zero attached hydrogens (tertiary/aromatic N) is 5. The molecule has 3 aromatic rings. The second kappa shape index (κ2) is 11.9. The molecule has 0 unspecified atom stereocenters. The molecule has 1 aliphatic heterocycles. The molecule has 0 atom stereocenters. The number of hydrogen-bond acceptors (Lipinski definition) is 5. The lowest BCUT2D eigenvalue weighted by Gasteiger charge is -2.35. The number of pyridine rings is 1. The van der Waals surface area contributed by atoms with Gasteiger partial charge < -0.3 is 9.80 Å². The Labute approximate surface area is 208 Å². The van der Waals surface area contributed by atoms with Crippen LogP contribution in [0.5, 0.6) is 0 Å². The highest BCUT2D eigenvalue weighted by atomic mass is 35.5. The number of anilines is 1. The van der Waals surface area contributed by atoms with Crippen molar-refractivity contribution in [2.45, 2.75) is 41.0 Å². The first kappa shape index (κ1) is 25.6. The lowest BCUT2D eigenvalue weighted by Crippen LogP contribution is -2.49. The molecule has 0 spiro atoms. The van der Waals surface area contributed by atoms with Gasteiger partial charge in [0.15, 0.2) is 0 Å². The third-order valence-corrected chi connectivity index (χ3v) is 5.94. The van der Waals surface area contributed by atoms with Crippen molar-refractivity contribution in [1.82, 2.24) is 19.9 Å². The maximum Gasteiger partial charge on any atom is 0.222 e. The minimum absolute atomic E-state index is 0.233. The Morgan fingerprint density at radius 2 is 1.68 bits per heavy atom. The van der Waals surface area contributed by atoms with E-state index >= 15 is 0 Å². The lowest BCUT2D eigenvalue weighted by atomic mass is 10.0. The summed E-state index contributed by atoms with van der Waals surface area (Å²) in [4.78, 5) is 30.7. The monoisotopic (exact) mass is 479 g/mol. The van der Waals surface area contributed by atoms with E-state index in [9.17, 15) is 4.79 Å². The van der Waals surface area contributed by atoms with Crippen molar-refractivity contribution < 1.29 is 4.79 Å². The summed E-state index contributed by atoms with van der Waals surface area (Å²) in [5.74, 6) is 1.43. The first-order valence-corrected chi connectivity index (χ1v) is 12.4. The smallest absolute Gasteiger partial charge is 0.222 e. The van der Waals surface area contributed by atoms with Gasteiger partial charge in [-0.2, -0.15) is 0 Å². The van der Waals surface area contributed by atoms with Crippen LogP contribution in [-0.2, 0) is 4.79 Å². The molecule has 1 amide bonds. The third-order valence-electron chi connectivity index (χ3n) is 5.69. The van der Waals surface area contributed by atoms with Gasteiger partial charge in [-0.1, -0.05) is 51.4 Å².